The third-order valence-electron chi connectivity index (χ3n) is 3.41. The molecule has 94 valence electrons. The van der Waals surface area contributed by atoms with Gasteiger partial charge in [0.15, 0.2) is 0 Å². The van der Waals surface area contributed by atoms with Gasteiger partial charge in [0.2, 0.25) is 0 Å². The van der Waals surface area contributed by atoms with Gasteiger partial charge in [-0.1, -0.05) is 6.92 Å². The number of hydrogen-bond acceptors (Lipinski definition) is 4. The molecular formula is C13H22N4. The van der Waals surface area contributed by atoms with Crippen molar-refractivity contribution in [2.75, 3.05) is 11.9 Å². The summed E-state index contributed by atoms with van der Waals surface area (Å²) in [6, 6.07) is 2.45. The predicted molar refractivity (Wildman–Crippen MR) is 70.0 cm³/mol. The molecule has 1 aliphatic rings. The SMILES string of the molecule is CCc1cc(NCC2CCC(N)C2)nc(C)n1. The topological polar surface area (TPSA) is 63.8 Å². The van der Waals surface area contributed by atoms with Gasteiger partial charge in [0.05, 0.1) is 0 Å². The summed E-state index contributed by atoms with van der Waals surface area (Å²) in [6.07, 6.45) is 4.48. The Morgan fingerprint density at radius 1 is 1.41 bits per heavy atom. The summed E-state index contributed by atoms with van der Waals surface area (Å²) in [7, 11) is 0. The first-order valence-corrected chi connectivity index (χ1v) is 6.51. The molecule has 0 amide bonds. The molecule has 1 aromatic rings. The number of nitrogens with two attached hydrogens (primary N) is 1. The van der Waals surface area contributed by atoms with E-state index in [1.807, 2.05) is 13.0 Å². The molecule has 4 heteroatoms. The Labute approximate surface area is 103 Å². The smallest absolute Gasteiger partial charge is 0.129 e. The van der Waals surface area contributed by atoms with Crippen LogP contribution in [0.4, 0.5) is 5.82 Å². The predicted octanol–water partition coefficient (Wildman–Crippen LogP) is 1.89. The molecule has 1 fully saturated rings. The second-order valence-electron chi connectivity index (χ2n) is 4.97. The zero-order valence-corrected chi connectivity index (χ0v) is 10.7. The van der Waals surface area contributed by atoms with Gasteiger partial charge in [-0.15, -0.1) is 0 Å². The van der Waals surface area contributed by atoms with Crippen molar-refractivity contribution in [1.82, 2.24) is 9.97 Å². The van der Waals surface area contributed by atoms with Crippen molar-refractivity contribution in [3.05, 3.63) is 17.6 Å². The largest absolute Gasteiger partial charge is 0.370 e. The van der Waals surface area contributed by atoms with Crippen molar-refractivity contribution in [1.29, 1.82) is 0 Å². The van der Waals surface area contributed by atoms with Gasteiger partial charge in [-0.3, -0.25) is 0 Å². The monoisotopic (exact) mass is 234 g/mol. The van der Waals surface area contributed by atoms with Crippen molar-refractivity contribution in [3.63, 3.8) is 0 Å². The Morgan fingerprint density at radius 2 is 2.24 bits per heavy atom. The van der Waals surface area contributed by atoms with E-state index in [9.17, 15) is 0 Å². The fourth-order valence-corrected chi connectivity index (χ4v) is 2.45. The third-order valence-corrected chi connectivity index (χ3v) is 3.41. The number of nitrogens with one attached hydrogen (secondary N) is 1. The van der Waals surface area contributed by atoms with E-state index in [2.05, 4.69) is 22.2 Å². The van der Waals surface area contributed by atoms with Crippen LogP contribution in [0.3, 0.4) is 0 Å². The lowest BCUT2D eigenvalue weighted by Crippen LogP contribution is -2.18. The zero-order chi connectivity index (χ0) is 12.3. The lowest BCUT2D eigenvalue weighted by atomic mass is 10.1. The molecule has 1 saturated carbocycles. The number of rotatable bonds is 4. The Morgan fingerprint density at radius 3 is 2.88 bits per heavy atom. The van der Waals surface area contributed by atoms with Crippen LogP contribution in [0.1, 0.15) is 37.7 Å². The molecule has 3 N–H and O–H groups in total. The molecule has 2 atom stereocenters. The molecule has 2 unspecified atom stereocenters. The van der Waals surface area contributed by atoms with Crippen molar-refractivity contribution in [2.45, 2.75) is 45.6 Å². The summed E-state index contributed by atoms with van der Waals surface area (Å²) in [5, 5.41) is 3.42. The van der Waals surface area contributed by atoms with Crippen LogP contribution in [0.25, 0.3) is 0 Å². The lowest BCUT2D eigenvalue weighted by Gasteiger charge is -2.12. The quantitative estimate of drug-likeness (QED) is 0.835. The molecule has 17 heavy (non-hydrogen) atoms. The number of hydrogen-bond donors (Lipinski definition) is 2. The maximum absolute atomic E-state index is 5.91. The fourth-order valence-electron chi connectivity index (χ4n) is 2.45. The Bertz CT molecular complexity index is 378. The average Bonchev–Trinajstić information content (AvgIpc) is 2.72. The molecule has 4 nitrogen and oxygen atoms in total. The minimum Gasteiger partial charge on any atom is -0.370 e. The number of aromatic nitrogens is 2. The second-order valence-corrected chi connectivity index (χ2v) is 4.97. The summed E-state index contributed by atoms with van der Waals surface area (Å²) in [4.78, 5) is 8.78. The molecule has 1 aliphatic carbocycles. The summed E-state index contributed by atoms with van der Waals surface area (Å²) in [6.45, 7) is 5.03. The number of anilines is 1. The maximum atomic E-state index is 5.91. The summed E-state index contributed by atoms with van der Waals surface area (Å²) in [5.41, 5.74) is 7.01. The van der Waals surface area contributed by atoms with Gasteiger partial charge in [-0.25, -0.2) is 9.97 Å². The minimum atomic E-state index is 0.403. The Kier molecular flexibility index (Phi) is 3.94. The summed E-state index contributed by atoms with van der Waals surface area (Å²) >= 11 is 0. The van der Waals surface area contributed by atoms with Gasteiger partial charge in [-0.2, -0.15) is 0 Å². The van der Waals surface area contributed by atoms with E-state index in [1.54, 1.807) is 0 Å². The number of nitrogens with zero attached hydrogens (tertiary/aromatic N) is 2. The zero-order valence-electron chi connectivity index (χ0n) is 10.7. The molecule has 0 bridgehead atoms. The number of aryl methyl sites for hydroxylation is 2. The minimum absolute atomic E-state index is 0.403. The molecule has 0 spiro atoms. The highest BCUT2D eigenvalue weighted by molar-refractivity contribution is 5.36. The first-order chi connectivity index (χ1) is 8.17. The van der Waals surface area contributed by atoms with E-state index >= 15 is 0 Å². The highest BCUT2D eigenvalue weighted by atomic mass is 15.0. The van der Waals surface area contributed by atoms with Gasteiger partial charge in [0.25, 0.3) is 0 Å². The molecule has 0 aliphatic heterocycles. The van der Waals surface area contributed by atoms with Crippen molar-refractivity contribution in [2.24, 2.45) is 11.7 Å². The maximum Gasteiger partial charge on any atom is 0.129 e. The van der Waals surface area contributed by atoms with Crippen LogP contribution in [0.5, 0.6) is 0 Å². The van der Waals surface area contributed by atoms with Crippen LogP contribution < -0.4 is 11.1 Å². The fraction of sp³-hybridized carbons (Fsp3) is 0.692. The molecule has 2 rings (SSSR count). The van der Waals surface area contributed by atoms with E-state index < -0.39 is 0 Å². The molecule has 1 aromatic heterocycles. The molecule has 0 aromatic carbocycles. The van der Waals surface area contributed by atoms with Crippen LogP contribution in [0.2, 0.25) is 0 Å². The normalized spacial score (nSPS) is 23.9. The van der Waals surface area contributed by atoms with E-state index in [0.29, 0.717) is 12.0 Å². The molecule has 0 radical (unpaired) electrons. The highest BCUT2D eigenvalue weighted by Gasteiger charge is 2.21. The van der Waals surface area contributed by atoms with Crippen LogP contribution in [0.15, 0.2) is 6.07 Å². The van der Waals surface area contributed by atoms with Gasteiger partial charge >= 0.3 is 0 Å². The van der Waals surface area contributed by atoms with E-state index in [-0.39, 0.29) is 0 Å². The third kappa shape index (κ3) is 3.40. The van der Waals surface area contributed by atoms with E-state index in [0.717, 1.165) is 43.1 Å². The van der Waals surface area contributed by atoms with Crippen molar-refractivity contribution in [3.8, 4) is 0 Å². The summed E-state index contributed by atoms with van der Waals surface area (Å²) in [5.74, 6) is 2.50. The summed E-state index contributed by atoms with van der Waals surface area (Å²) < 4.78 is 0. The van der Waals surface area contributed by atoms with Crippen LogP contribution in [-0.2, 0) is 6.42 Å². The van der Waals surface area contributed by atoms with Gasteiger partial charge in [0.1, 0.15) is 11.6 Å². The molecular weight excluding hydrogens is 212 g/mol. The average molecular weight is 234 g/mol. The lowest BCUT2D eigenvalue weighted by molar-refractivity contribution is 0.564. The van der Waals surface area contributed by atoms with Gasteiger partial charge < -0.3 is 11.1 Å². The van der Waals surface area contributed by atoms with Gasteiger partial charge in [0, 0.05) is 24.3 Å². The van der Waals surface area contributed by atoms with E-state index in [4.69, 9.17) is 5.73 Å². The van der Waals surface area contributed by atoms with Crippen LogP contribution in [-0.4, -0.2) is 22.6 Å². The first-order valence-electron chi connectivity index (χ1n) is 6.51. The first kappa shape index (κ1) is 12.3. The standard InChI is InChI=1S/C13H22N4/c1-3-12-7-13(17-9(2)16-12)15-8-10-4-5-11(14)6-10/h7,10-11H,3-6,8,14H2,1-2H3,(H,15,16,17). The second kappa shape index (κ2) is 5.45. The Hall–Kier alpha value is -1.16. The highest BCUT2D eigenvalue weighted by Crippen LogP contribution is 2.24. The van der Waals surface area contributed by atoms with Crippen LogP contribution in [0, 0.1) is 12.8 Å². The van der Waals surface area contributed by atoms with Gasteiger partial charge in [-0.05, 0) is 38.5 Å². The molecule has 1 heterocycles. The van der Waals surface area contributed by atoms with Crippen molar-refractivity contribution < 1.29 is 0 Å². The van der Waals surface area contributed by atoms with E-state index in [1.165, 1.54) is 6.42 Å². The van der Waals surface area contributed by atoms with Crippen molar-refractivity contribution >= 4 is 5.82 Å². The molecule has 0 saturated heterocycles. The Balaban J connectivity index is 1.92. The van der Waals surface area contributed by atoms with Crippen LogP contribution >= 0.6 is 0 Å².